The van der Waals surface area contributed by atoms with E-state index in [-0.39, 0.29) is 17.2 Å². The smallest absolute Gasteiger partial charge is 0.262 e. The minimum Gasteiger partial charge on any atom is -0.385 e. The molecule has 0 aliphatic carbocycles. The lowest BCUT2D eigenvalue weighted by atomic mass is 10.1. The van der Waals surface area contributed by atoms with Gasteiger partial charge in [-0.3, -0.25) is 14.2 Å². The molecule has 8 heteroatoms. The maximum Gasteiger partial charge on any atom is 0.262 e. The van der Waals surface area contributed by atoms with E-state index in [2.05, 4.69) is 17.2 Å². The van der Waals surface area contributed by atoms with Crippen molar-refractivity contribution >= 4 is 45.9 Å². The predicted molar refractivity (Wildman–Crippen MR) is 127 cm³/mol. The molecule has 0 fully saturated rings. The van der Waals surface area contributed by atoms with Gasteiger partial charge in [0.2, 0.25) is 5.91 Å². The molecule has 31 heavy (non-hydrogen) atoms. The zero-order chi connectivity index (χ0) is 22.2. The number of halogens is 1. The minimum atomic E-state index is -0.155. The van der Waals surface area contributed by atoms with Crippen LogP contribution in [-0.4, -0.2) is 34.9 Å². The molecule has 3 rings (SSSR count). The van der Waals surface area contributed by atoms with Crippen molar-refractivity contribution in [3.63, 3.8) is 0 Å². The van der Waals surface area contributed by atoms with Crippen LogP contribution >= 0.6 is 23.4 Å². The molecule has 0 aliphatic rings. The number of nitrogens with one attached hydrogen (secondary N) is 1. The van der Waals surface area contributed by atoms with Crippen LogP contribution in [0.5, 0.6) is 0 Å². The van der Waals surface area contributed by atoms with Crippen molar-refractivity contribution in [1.82, 2.24) is 9.55 Å². The first-order chi connectivity index (χ1) is 15.0. The number of anilines is 1. The van der Waals surface area contributed by atoms with E-state index in [1.165, 1.54) is 17.3 Å². The predicted octanol–water partition coefficient (Wildman–Crippen LogP) is 4.77. The fraction of sp³-hybridized carbons (Fsp3) is 0.348. The van der Waals surface area contributed by atoms with E-state index in [1.807, 2.05) is 24.3 Å². The summed E-state index contributed by atoms with van der Waals surface area (Å²) < 4.78 is 6.71. The van der Waals surface area contributed by atoms with Gasteiger partial charge in [0.1, 0.15) is 0 Å². The number of carbonyl (C=O) groups is 1. The lowest BCUT2D eigenvalue weighted by Gasteiger charge is -2.13. The van der Waals surface area contributed by atoms with Gasteiger partial charge in [0, 0.05) is 31.0 Å². The van der Waals surface area contributed by atoms with E-state index < -0.39 is 0 Å². The minimum absolute atomic E-state index is 0.138. The Bertz CT molecular complexity index is 1100. The molecule has 0 unspecified atom stereocenters. The molecule has 0 radical (unpaired) electrons. The molecule has 1 amide bonds. The third-order valence-corrected chi connectivity index (χ3v) is 5.93. The highest BCUT2D eigenvalue weighted by Gasteiger charge is 2.14. The molecule has 0 saturated heterocycles. The molecule has 0 saturated carbocycles. The largest absolute Gasteiger partial charge is 0.385 e. The summed E-state index contributed by atoms with van der Waals surface area (Å²) in [6.07, 6.45) is 2.77. The summed E-state index contributed by atoms with van der Waals surface area (Å²) in [5.41, 5.74) is 2.37. The van der Waals surface area contributed by atoms with Gasteiger partial charge in [-0.15, -0.1) is 0 Å². The van der Waals surface area contributed by atoms with Gasteiger partial charge >= 0.3 is 0 Å². The first-order valence-electron chi connectivity index (χ1n) is 10.2. The van der Waals surface area contributed by atoms with Gasteiger partial charge in [-0.2, -0.15) is 0 Å². The summed E-state index contributed by atoms with van der Waals surface area (Å²) in [7, 11) is 1.62. The summed E-state index contributed by atoms with van der Waals surface area (Å²) in [6, 6.07) is 12.9. The Morgan fingerprint density at radius 1 is 1.23 bits per heavy atom. The van der Waals surface area contributed by atoms with Crippen molar-refractivity contribution in [2.75, 3.05) is 24.8 Å². The van der Waals surface area contributed by atoms with Gasteiger partial charge in [-0.1, -0.05) is 48.8 Å². The third kappa shape index (κ3) is 6.32. The van der Waals surface area contributed by atoms with Gasteiger partial charge < -0.3 is 10.1 Å². The lowest BCUT2D eigenvalue weighted by Crippen LogP contribution is -2.25. The Morgan fingerprint density at radius 2 is 2.00 bits per heavy atom. The lowest BCUT2D eigenvalue weighted by molar-refractivity contribution is -0.113. The first-order valence-corrected chi connectivity index (χ1v) is 11.6. The molecule has 0 spiro atoms. The zero-order valence-corrected chi connectivity index (χ0v) is 19.3. The molecule has 0 aliphatic heterocycles. The van der Waals surface area contributed by atoms with E-state index in [4.69, 9.17) is 16.3 Å². The van der Waals surface area contributed by atoms with Crippen LogP contribution in [0.25, 0.3) is 10.9 Å². The van der Waals surface area contributed by atoms with Gasteiger partial charge in [-0.05, 0) is 48.7 Å². The molecule has 1 N–H and O–H groups in total. The Hall–Kier alpha value is -2.35. The van der Waals surface area contributed by atoms with E-state index in [9.17, 15) is 9.59 Å². The highest BCUT2D eigenvalue weighted by Crippen LogP contribution is 2.21. The number of nitrogens with zero attached hydrogens (tertiary/aromatic N) is 2. The molecule has 1 aromatic heterocycles. The fourth-order valence-corrected chi connectivity index (χ4v) is 4.21. The molecule has 164 valence electrons. The van der Waals surface area contributed by atoms with Crippen LogP contribution < -0.4 is 10.9 Å². The number of ether oxygens (including phenoxy) is 1. The highest BCUT2D eigenvalue weighted by atomic mass is 35.5. The van der Waals surface area contributed by atoms with Crippen molar-refractivity contribution in [1.29, 1.82) is 0 Å². The highest BCUT2D eigenvalue weighted by molar-refractivity contribution is 7.99. The second kappa shape index (κ2) is 11.3. The standard InChI is InChI=1S/C23H26ClN3O3S/c1-3-5-16-6-9-18(10-7-16)25-21(28)15-31-23-26-20-14-17(24)8-11-19(20)22(29)27(23)12-4-13-30-2/h6-11,14H,3-5,12-13,15H2,1-2H3,(H,25,28). The van der Waals surface area contributed by atoms with Crippen molar-refractivity contribution in [3.8, 4) is 0 Å². The van der Waals surface area contributed by atoms with Gasteiger partial charge in [0.05, 0.1) is 16.7 Å². The summed E-state index contributed by atoms with van der Waals surface area (Å²) in [5, 5.41) is 4.40. The van der Waals surface area contributed by atoms with Crippen LogP contribution in [0.4, 0.5) is 5.69 Å². The molecule has 2 aromatic carbocycles. The van der Waals surface area contributed by atoms with E-state index in [1.54, 1.807) is 29.9 Å². The monoisotopic (exact) mass is 459 g/mol. The van der Waals surface area contributed by atoms with Crippen LogP contribution in [0.15, 0.2) is 52.4 Å². The number of aryl methyl sites for hydroxylation is 1. The van der Waals surface area contributed by atoms with Gasteiger partial charge in [0.15, 0.2) is 5.16 Å². The van der Waals surface area contributed by atoms with Crippen LogP contribution in [-0.2, 0) is 22.5 Å². The van der Waals surface area contributed by atoms with Gasteiger partial charge in [-0.25, -0.2) is 4.98 Å². The number of aromatic nitrogens is 2. The molecule has 0 atom stereocenters. The first kappa shape index (κ1) is 23.3. The fourth-order valence-electron chi connectivity index (χ4n) is 3.22. The molecule has 1 heterocycles. The molecule has 3 aromatic rings. The summed E-state index contributed by atoms with van der Waals surface area (Å²) in [5.74, 6) is -0.0170. The van der Waals surface area contributed by atoms with Gasteiger partial charge in [0.25, 0.3) is 5.56 Å². The van der Waals surface area contributed by atoms with Crippen LogP contribution in [0.2, 0.25) is 5.02 Å². The summed E-state index contributed by atoms with van der Waals surface area (Å²) in [4.78, 5) is 30.1. The number of fused-ring (bicyclic) bond motifs is 1. The van der Waals surface area contributed by atoms with Crippen molar-refractivity contribution in [3.05, 3.63) is 63.4 Å². The quantitative estimate of drug-likeness (QED) is 0.268. The molecular formula is C23H26ClN3O3S. The van der Waals surface area contributed by atoms with Crippen molar-refractivity contribution in [2.24, 2.45) is 0 Å². The van der Waals surface area contributed by atoms with Crippen molar-refractivity contribution < 1.29 is 9.53 Å². The third-order valence-electron chi connectivity index (χ3n) is 4.72. The number of benzene rings is 2. The number of hydrogen-bond acceptors (Lipinski definition) is 5. The zero-order valence-electron chi connectivity index (χ0n) is 17.7. The molecular weight excluding hydrogens is 434 g/mol. The van der Waals surface area contributed by atoms with Crippen molar-refractivity contribution in [2.45, 2.75) is 37.9 Å². The van der Waals surface area contributed by atoms with E-state index >= 15 is 0 Å². The normalized spacial score (nSPS) is 11.1. The number of thioether (sulfide) groups is 1. The average Bonchev–Trinajstić information content (AvgIpc) is 2.75. The van der Waals surface area contributed by atoms with Crippen LogP contribution in [0.1, 0.15) is 25.3 Å². The Kier molecular flexibility index (Phi) is 8.51. The number of amides is 1. The number of hydrogen-bond donors (Lipinski definition) is 1. The average molecular weight is 460 g/mol. The number of methoxy groups -OCH3 is 1. The van der Waals surface area contributed by atoms with Crippen LogP contribution in [0.3, 0.4) is 0 Å². The number of rotatable bonds is 10. The summed E-state index contributed by atoms with van der Waals surface area (Å²) in [6.45, 7) is 3.13. The maximum atomic E-state index is 13.0. The Labute approximate surface area is 191 Å². The molecule has 0 bridgehead atoms. The van der Waals surface area contributed by atoms with E-state index in [0.717, 1.165) is 18.5 Å². The second-order valence-corrected chi connectivity index (χ2v) is 8.52. The topological polar surface area (TPSA) is 73.2 Å². The number of carbonyl (C=O) groups excluding carboxylic acids is 1. The van der Waals surface area contributed by atoms with Crippen LogP contribution in [0, 0.1) is 0 Å². The Morgan fingerprint density at radius 3 is 2.71 bits per heavy atom. The Balaban J connectivity index is 1.76. The molecule has 6 nitrogen and oxygen atoms in total. The van der Waals surface area contributed by atoms with E-state index in [0.29, 0.717) is 40.7 Å². The second-order valence-electron chi connectivity index (χ2n) is 7.14. The maximum absolute atomic E-state index is 13.0. The SMILES string of the molecule is CCCc1ccc(NC(=O)CSc2nc3cc(Cl)ccc3c(=O)n2CCCOC)cc1. The summed E-state index contributed by atoms with van der Waals surface area (Å²) >= 11 is 7.31.